The molecule has 0 spiro atoms. The van der Waals surface area contributed by atoms with E-state index in [0.717, 1.165) is 0 Å². The predicted octanol–water partition coefficient (Wildman–Crippen LogP) is 3.51. The Hall–Kier alpha value is -2.93. The van der Waals surface area contributed by atoms with Crippen molar-refractivity contribution in [1.29, 1.82) is 0 Å². The first-order chi connectivity index (χ1) is 12.5. The van der Waals surface area contributed by atoms with Crippen LogP contribution < -0.4 is 10.7 Å². The molecule has 0 atom stereocenters. The summed E-state index contributed by atoms with van der Waals surface area (Å²) in [6.45, 7) is 4.39. The molecule has 0 aliphatic carbocycles. The molecule has 1 N–H and O–H groups in total. The number of fused-ring (bicyclic) bond motifs is 1. The monoisotopic (exact) mass is 370 g/mol. The maximum Gasteiger partial charge on any atom is 0.343 e. The van der Waals surface area contributed by atoms with Crippen LogP contribution in [0.15, 0.2) is 46.7 Å². The van der Waals surface area contributed by atoms with Crippen LogP contribution in [0.2, 0.25) is 0 Å². The number of amides is 1. The molecular formula is C19H18N2O4S. The van der Waals surface area contributed by atoms with Crippen LogP contribution in [0.1, 0.15) is 33.9 Å². The van der Waals surface area contributed by atoms with E-state index < -0.39 is 11.4 Å². The number of carbonyl (C=O) groups excluding carboxylic acids is 2. The number of pyridine rings is 1. The number of hydrogen-bond donors (Lipinski definition) is 1. The highest BCUT2D eigenvalue weighted by molar-refractivity contribution is 7.12. The van der Waals surface area contributed by atoms with Gasteiger partial charge in [0.15, 0.2) is 0 Å². The van der Waals surface area contributed by atoms with Gasteiger partial charge in [-0.3, -0.25) is 9.59 Å². The standard InChI is InChI=1S/C19H18N2O4S/c1-3-21-11-14(19(24)25-4-2)17(22)13-10-12(7-8-15(13)21)20-18(23)16-6-5-9-26-16/h5-11H,3-4H2,1-2H3,(H,20,23). The van der Waals surface area contributed by atoms with Crippen LogP contribution in [-0.4, -0.2) is 23.1 Å². The van der Waals surface area contributed by atoms with E-state index in [9.17, 15) is 14.4 Å². The fraction of sp³-hybridized carbons (Fsp3) is 0.211. The van der Waals surface area contributed by atoms with Gasteiger partial charge in [-0.05, 0) is 43.5 Å². The number of nitrogens with zero attached hydrogens (tertiary/aromatic N) is 1. The molecule has 7 heteroatoms. The Morgan fingerprint density at radius 2 is 2.04 bits per heavy atom. The zero-order valence-corrected chi connectivity index (χ0v) is 15.3. The zero-order valence-electron chi connectivity index (χ0n) is 14.4. The van der Waals surface area contributed by atoms with Crippen LogP contribution in [0.25, 0.3) is 10.9 Å². The molecule has 0 aliphatic heterocycles. The maximum atomic E-state index is 12.8. The van der Waals surface area contributed by atoms with E-state index in [4.69, 9.17) is 4.74 Å². The van der Waals surface area contributed by atoms with Gasteiger partial charge in [-0.25, -0.2) is 4.79 Å². The Labute approximate surface area is 154 Å². The lowest BCUT2D eigenvalue weighted by molar-refractivity contribution is 0.0524. The number of esters is 1. The highest BCUT2D eigenvalue weighted by Crippen LogP contribution is 2.19. The maximum absolute atomic E-state index is 12.8. The van der Waals surface area contributed by atoms with Crippen molar-refractivity contribution in [3.63, 3.8) is 0 Å². The molecule has 0 aliphatic rings. The average molecular weight is 370 g/mol. The predicted molar refractivity (Wildman–Crippen MR) is 102 cm³/mol. The van der Waals surface area contributed by atoms with E-state index in [1.54, 1.807) is 37.3 Å². The van der Waals surface area contributed by atoms with E-state index in [1.165, 1.54) is 17.5 Å². The molecule has 1 amide bonds. The van der Waals surface area contributed by atoms with E-state index in [2.05, 4.69) is 5.32 Å². The summed E-state index contributed by atoms with van der Waals surface area (Å²) in [6, 6.07) is 8.62. The lowest BCUT2D eigenvalue weighted by Crippen LogP contribution is -2.21. The fourth-order valence-electron chi connectivity index (χ4n) is 2.69. The Kier molecular flexibility index (Phi) is 5.18. The van der Waals surface area contributed by atoms with Gasteiger partial charge >= 0.3 is 5.97 Å². The van der Waals surface area contributed by atoms with Gasteiger partial charge in [0.1, 0.15) is 5.56 Å². The smallest absolute Gasteiger partial charge is 0.343 e. The summed E-state index contributed by atoms with van der Waals surface area (Å²) >= 11 is 1.34. The van der Waals surface area contributed by atoms with E-state index in [0.29, 0.717) is 28.0 Å². The Balaban J connectivity index is 2.07. The van der Waals surface area contributed by atoms with Gasteiger partial charge in [-0.2, -0.15) is 0 Å². The highest BCUT2D eigenvalue weighted by Gasteiger charge is 2.17. The van der Waals surface area contributed by atoms with E-state index >= 15 is 0 Å². The molecule has 0 saturated heterocycles. The summed E-state index contributed by atoms with van der Waals surface area (Å²) in [4.78, 5) is 37.6. The minimum Gasteiger partial charge on any atom is -0.462 e. The lowest BCUT2D eigenvalue weighted by atomic mass is 10.1. The van der Waals surface area contributed by atoms with E-state index in [1.807, 2.05) is 16.9 Å². The van der Waals surface area contributed by atoms with Gasteiger partial charge in [-0.15, -0.1) is 11.3 Å². The van der Waals surface area contributed by atoms with Crippen molar-refractivity contribution in [3.8, 4) is 0 Å². The van der Waals surface area contributed by atoms with Crippen LogP contribution in [0.3, 0.4) is 0 Å². The topological polar surface area (TPSA) is 77.4 Å². The van der Waals surface area contributed by atoms with Crippen molar-refractivity contribution in [3.05, 3.63) is 62.6 Å². The highest BCUT2D eigenvalue weighted by atomic mass is 32.1. The SMILES string of the molecule is CCOC(=O)c1cn(CC)c2ccc(NC(=O)c3cccs3)cc2c1=O. The van der Waals surface area contributed by atoms with Crippen LogP contribution in [0.4, 0.5) is 5.69 Å². The molecule has 2 heterocycles. The average Bonchev–Trinajstić information content (AvgIpc) is 3.17. The van der Waals surface area contributed by atoms with Crippen molar-refractivity contribution >= 4 is 39.8 Å². The number of benzene rings is 1. The molecule has 0 fully saturated rings. The van der Waals surface area contributed by atoms with Crippen molar-refractivity contribution in [1.82, 2.24) is 4.57 Å². The number of aryl methyl sites for hydroxylation is 1. The Bertz CT molecular complexity index is 1020. The second-order valence-electron chi connectivity index (χ2n) is 5.54. The van der Waals surface area contributed by atoms with Crippen LogP contribution in [0, 0.1) is 0 Å². The quantitative estimate of drug-likeness (QED) is 0.697. The summed E-state index contributed by atoms with van der Waals surface area (Å²) in [5.41, 5.74) is 0.773. The second kappa shape index (κ2) is 7.53. The molecule has 3 aromatic rings. The second-order valence-corrected chi connectivity index (χ2v) is 6.49. The minimum atomic E-state index is -0.644. The molecule has 0 radical (unpaired) electrons. The fourth-order valence-corrected chi connectivity index (χ4v) is 3.31. The van der Waals surface area contributed by atoms with Crippen molar-refractivity contribution in [2.24, 2.45) is 0 Å². The Morgan fingerprint density at radius 3 is 2.69 bits per heavy atom. The summed E-state index contributed by atoms with van der Waals surface area (Å²) in [5, 5.41) is 4.96. The van der Waals surface area contributed by atoms with Gasteiger partial charge < -0.3 is 14.6 Å². The molecule has 134 valence electrons. The third kappa shape index (κ3) is 3.39. The number of thiophene rings is 1. The number of carbonyl (C=O) groups is 2. The first kappa shape index (κ1) is 17.9. The summed E-state index contributed by atoms with van der Waals surface area (Å²) in [6.07, 6.45) is 1.52. The first-order valence-electron chi connectivity index (χ1n) is 8.24. The molecule has 0 saturated carbocycles. The Morgan fingerprint density at radius 1 is 1.23 bits per heavy atom. The number of ether oxygens (including phenoxy) is 1. The molecule has 1 aromatic carbocycles. The molecule has 26 heavy (non-hydrogen) atoms. The van der Waals surface area contributed by atoms with Gasteiger partial charge in [0, 0.05) is 23.8 Å². The first-order valence-corrected chi connectivity index (χ1v) is 9.12. The molecular weight excluding hydrogens is 352 g/mol. The third-order valence-electron chi connectivity index (χ3n) is 3.92. The van der Waals surface area contributed by atoms with Crippen LogP contribution in [-0.2, 0) is 11.3 Å². The molecule has 3 rings (SSSR count). The summed E-state index contributed by atoms with van der Waals surface area (Å²) in [5.74, 6) is -0.883. The van der Waals surface area contributed by atoms with Crippen molar-refractivity contribution < 1.29 is 14.3 Å². The van der Waals surface area contributed by atoms with E-state index in [-0.39, 0.29) is 18.1 Å². The number of anilines is 1. The number of hydrogen-bond acceptors (Lipinski definition) is 5. The number of rotatable bonds is 5. The lowest BCUT2D eigenvalue weighted by Gasteiger charge is -2.12. The number of nitrogens with one attached hydrogen (secondary N) is 1. The van der Waals surface area contributed by atoms with Crippen LogP contribution in [0.5, 0.6) is 0 Å². The summed E-state index contributed by atoms with van der Waals surface area (Å²) < 4.78 is 6.79. The largest absolute Gasteiger partial charge is 0.462 e. The van der Waals surface area contributed by atoms with Crippen molar-refractivity contribution in [2.75, 3.05) is 11.9 Å². The molecule has 2 aromatic heterocycles. The molecule has 0 bridgehead atoms. The third-order valence-corrected chi connectivity index (χ3v) is 4.79. The molecule has 0 unspecified atom stereocenters. The van der Waals surface area contributed by atoms with Gasteiger partial charge in [0.2, 0.25) is 5.43 Å². The van der Waals surface area contributed by atoms with Gasteiger partial charge in [0.05, 0.1) is 17.0 Å². The minimum absolute atomic E-state index is 0.0112. The van der Waals surface area contributed by atoms with Crippen LogP contribution >= 0.6 is 11.3 Å². The zero-order chi connectivity index (χ0) is 18.7. The number of aromatic nitrogens is 1. The normalized spacial score (nSPS) is 10.7. The van der Waals surface area contributed by atoms with Gasteiger partial charge in [-0.1, -0.05) is 6.07 Å². The van der Waals surface area contributed by atoms with Gasteiger partial charge in [0.25, 0.3) is 5.91 Å². The van der Waals surface area contributed by atoms with Crippen molar-refractivity contribution in [2.45, 2.75) is 20.4 Å². The summed E-state index contributed by atoms with van der Waals surface area (Å²) in [7, 11) is 0. The molecule has 6 nitrogen and oxygen atoms in total.